The van der Waals surface area contributed by atoms with Gasteiger partial charge in [-0.05, 0) is 24.6 Å². The lowest BCUT2D eigenvalue weighted by molar-refractivity contribution is -0.136. The van der Waals surface area contributed by atoms with Crippen molar-refractivity contribution in [3.63, 3.8) is 0 Å². The molecule has 0 aliphatic rings. The number of benzene rings is 1. The topological polar surface area (TPSA) is 46.2 Å². The molecular weight excluding hydrogens is 204 g/mol. The molecule has 0 saturated carbocycles. The monoisotopic (exact) mass is 217 g/mol. The van der Waals surface area contributed by atoms with Gasteiger partial charge in [-0.15, -0.1) is 0 Å². The minimum Gasteiger partial charge on any atom is -0.494 e. The summed E-state index contributed by atoms with van der Waals surface area (Å²) in [5.41, 5.74) is 0.609. The molecule has 0 bridgehead atoms. The summed E-state index contributed by atoms with van der Waals surface area (Å²) in [5.74, 6) is 3.77. The molecule has 0 aromatic heterocycles. The second-order valence-corrected chi connectivity index (χ2v) is 3.27. The summed E-state index contributed by atoms with van der Waals surface area (Å²) in [4.78, 5) is 10.2. The van der Waals surface area contributed by atoms with Crippen molar-refractivity contribution < 1.29 is 14.6 Å². The average molecular weight is 217 g/mol. The molecule has 0 aliphatic heterocycles. The zero-order valence-corrected chi connectivity index (χ0v) is 9.16. The van der Waals surface area contributed by atoms with Crippen molar-refractivity contribution in [2.45, 2.75) is 19.8 Å². The first-order chi connectivity index (χ1) is 7.72. The number of hydrogen-bond acceptors (Lipinski definition) is 2. The molecule has 1 rings (SSSR count). The second kappa shape index (κ2) is 6.52. The summed E-state index contributed by atoms with van der Waals surface area (Å²) in [7, 11) is 0. The van der Waals surface area contributed by atoms with Gasteiger partial charge in [0.15, 0.2) is 0 Å². The number of unbranched alkanes of at least 4 members (excludes halogenated alkanes) is 1. The molecule has 0 atom stereocenters. The van der Waals surface area contributed by atoms with E-state index >= 15 is 0 Å². The molecule has 1 radical (unpaired) electrons. The Morgan fingerprint density at radius 3 is 2.94 bits per heavy atom. The quantitative estimate of drug-likeness (QED) is 0.573. The fourth-order valence-corrected chi connectivity index (χ4v) is 1.12. The van der Waals surface area contributed by atoms with E-state index in [-0.39, 0.29) is 0 Å². The SMILES string of the molecule is CCCCOc1cccc(C#CC([O])=O)c1. The maximum absolute atomic E-state index is 10.2. The Morgan fingerprint density at radius 1 is 1.44 bits per heavy atom. The van der Waals surface area contributed by atoms with Gasteiger partial charge in [0.25, 0.3) is 0 Å². The van der Waals surface area contributed by atoms with E-state index in [1.807, 2.05) is 12.0 Å². The van der Waals surface area contributed by atoms with Crippen LogP contribution in [0.1, 0.15) is 25.3 Å². The number of carbonyl (C=O) groups excluding carboxylic acids is 1. The molecule has 0 amide bonds. The predicted molar refractivity (Wildman–Crippen MR) is 59.4 cm³/mol. The Hall–Kier alpha value is -1.95. The molecule has 3 nitrogen and oxygen atoms in total. The predicted octanol–water partition coefficient (Wildman–Crippen LogP) is 2.17. The Balaban J connectivity index is 2.65. The van der Waals surface area contributed by atoms with Crippen molar-refractivity contribution in [3.8, 4) is 17.6 Å². The maximum Gasteiger partial charge on any atom is 0.430 e. The molecule has 0 N–H and O–H groups in total. The summed E-state index contributed by atoms with van der Waals surface area (Å²) in [5, 5.41) is 10.2. The van der Waals surface area contributed by atoms with Crippen LogP contribution < -0.4 is 4.74 Å². The molecule has 0 unspecified atom stereocenters. The van der Waals surface area contributed by atoms with Crippen LogP contribution in [0.15, 0.2) is 24.3 Å². The standard InChI is InChI=1S/C13H13O3/c1-2-3-9-16-12-6-4-5-11(10-12)7-8-13(14)15/h4-6,10H,2-3,9H2,1H3. The summed E-state index contributed by atoms with van der Waals surface area (Å²) < 4.78 is 5.46. The van der Waals surface area contributed by atoms with Crippen molar-refractivity contribution in [1.29, 1.82) is 0 Å². The third kappa shape index (κ3) is 4.52. The highest BCUT2D eigenvalue weighted by atomic mass is 16.5. The highest BCUT2D eigenvalue weighted by molar-refractivity contribution is 5.86. The number of carbonyl (C=O) groups is 1. The molecule has 1 aromatic rings. The van der Waals surface area contributed by atoms with E-state index in [4.69, 9.17) is 4.74 Å². The van der Waals surface area contributed by atoms with Gasteiger partial charge in [-0.2, -0.15) is 0 Å². The van der Waals surface area contributed by atoms with Crippen LogP contribution in [-0.2, 0) is 9.90 Å². The van der Waals surface area contributed by atoms with Crippen LogP contribution in [0.3, 0.4) is 0 Å². The maximum atomic E-state index is 10.2. The highest BCUT2D eigenvalue weighted by Gasteiger charge is 1.95. The first-order valence-corrected chi connectivity index (χ1v) is 5.18. The molecule has 0 heterocycles. The lowest BCUT2D eigenvalue weighted by atomic mass is 10.2. The zero-order valence-electron chi connectivity index (χ0n) is 9.16. The fraction of sp³-hybridized carbons (Fsp3) is 0.308. The normalized spacial score (nSPS) is 9.06. The zero-order chi connectivity index (χ0) is 11.8. The van der Waals surface area contributed by atoms with Gasteiger partial charge in [0.2, 0.25) is 0 Å². The van der Waals surface area contributed by atoms with E-state index in [0.717, 1.165) is 12.8 Å². The van der Waals surface area contributed by atoms with Crippen molar-refractivity contribution >= 4 is 5.97 Å². The Morgan fingerprint density at radius 2 is 2.25 bits per heavy atom. The van der Waals surface area contributed by atoms with Crippen molar-refractivity contribution in [1.82, 2.24) is 0 Å². The van der Waals surface area contributed by atoms with Crippen LogP contribution in [-0.4, -0.2) is 12.6 Å². The van der Waals surface area contributed by atoms with Crippen LogP contribution in [0.2, 0.25) is 0 Å². The third-order valence-electron chi connectivity index (χ3n) is 1.91. The molecule has 16 heavy (non-hydrogen) atoms. The van der Waals surface area contributed by atoms with Crippen LogP contribution >= 0.6 is 0 Å². The van der Waals surface area contributed by atoms with Gasteiger partial charge in [-0.25, -0.2) is 9.90 Å². The van der Waals surface area contributed by atoms with Crippen LogP contribution in [0.4, 0.5) is 0 Å². The Kier molecular flexibility index (Phi) is 4.94. The van der Waals surface area contributed by atoms with E-state index in [2.05, 4.69) is 12.8 Å². The van der Waals surface area contributed by atoms with E-state index < -0.39 is 5.97 Å². The van der Waals surface area contributed by atoms with E-state index in [1.54, 1.807) is 18.2 Å². The van der Waals surface area contributed by atoms with Gasteiger partial charge in [0, 0.05) is 11.5 Å². The van der Waals surface area contributed by atoms with Crippen molar-refractivity contribution in [2.24, 2.45) is 0 Å². The second-order valence-electron chi connectivity index (χ2n) is 3.27. The van der Waals surface area contributed by atoms with Gasteiger partial charge >= 0.3 is 5.97 Å². The van der Waals surface area contributed by atoms with Gasteiger partial charge in [0.1, 0.15) is 5.75 Å². The van der Waals surface area contributed by atoms with Gasteiger partial charge in [0.05, 0.1) is 6.61 Å². The first kappa shape index (κ1) is 12.1. The molecule has 0 aliphatic carbocycles. The van der Waals surface area contributed by atoms with Gasteiger partial charge in [-0.1, -0.05) is 25.3 Å². The molecule has 83 valence electrons. The Labute approximate surface area is 95.1 Å². The third-order valence-corrected chi connectivity index (χ3v) is 1.91. The molecule has 1 aromatic carbocycles. The number of ether oxygens (including phenoxy) is 1. The van der Waals surface area contributed by atoms with Crippen LogP contribution in [0.5, 0.6) is 5.75 Å². The number of hydrogen-bond donors (Lipinski definition) is 0. The van der Waals surface area contributed by atoms with Crippen LogP contribution in [0, 0.1) is 11.8 Å². The van der Waals surface area contributed by atoms with Gasteiger partial charge in [-0.3, -0.25) is 0 Å². The summed E-state index contributed by atoms with van der Waals surface area (Å²) in [6.45, 7) is 2.75. The van der Waals surface area contributed by atoms with E-state index in [1.165, 1.54) is 0 Å². The summed E-state index contributed by atoms with van der Waals surface area (Å²) in [6.07, 6.45) is 2.07. The lowest BCUT2D eigenvalue weighted by Gasteiger charge is -2.04. The van der Waals surface area contributed by atoms with Crippen molar-refractivity contribution in [3.05, 3.63) is 29.8 Å². The molecule has 0 saturated heterocycles. The lowest BCUT2D eigenvalue weighted by Crippen LogP contribution is -1.96. The van der Waals surface area contributed by atoms with Crippen molar-refractivity contribution in [2.75, 3.05) is 6.61 Å². The van der Waals surface area contributed by atoms with Gasteiger partial charge < -0.3 is 4.74 Å². The minimum absolute atomic E-state index is 0.609. The smallest absolute Gasteiger partial charge is 0.430 e. The van der Waals surface area contributed by atoms with Crippen LogP contribution in [0.25, 0.3) is 0 Å². The average Bonchev–Trinajstić information content (AvgIpc) is 2.27. The molecule has 0 spiro atoms. The summed E-state index contributed by atoms with van der Waals surface area (Å²) in [6, 6.07) is 7.04. The first-order valence-electron chi connectivity index (χ1n) is 5.18. The highest BCUT2D eigenvalue weighted by Crippen LogP contribution is 2.12. The largest absolute Gasteiger partial charge is 0.494 e. The summed E-state index contributed by atoms with van der Waals surface area (Å²) >= 11 is 0. The molecule has 0 fully saturated rings. The number of rotatable bonds is 4. The minimum atomic E-state index is -1.38. The fourth-order valence-electron chi connectivity index (χ4n) is 1.12. The molecular formula is C13H13O3. The van der Waals surface area contributed by atoms with E-state index in [9.17, 15) is 9.90 Å². The van der Waals surface area contributed by atoms with E-state index in [0.29, 0.717) is 17.9 Å². The molecule has 3 heteroatoms. The Bertz CT molecular complexity index is 413.